The van der Waals surface area contributed by atoms with Gasteiger partial charge in [0.15, 0.2) is 0 Å². The summed E-state index contributed by atoms with van der Waals surface area (Å²) in [5.74, 6) is 1.73. The summed E-state index contributed by atoms with van der Waals surface area (Å²) in [6, 6.07) is 9.33. The Hall–Kier alpha value is -1.85. The molecule has 1 saturated carbocycles. The van der Waals surface area contributed by atoms with Gasteiger partial charge in [-0.3, -0.25) is 0 Å². The van der Waals surface area contributed by atoms with Crippen molar-refractivity contribution < 1.29 is 10.3 Å². The van der Waals surface area contributed by atoms with E-state index in [2.05, 4.69) is 34.5 Å². The minimum atomic E-state index is -0.0462. The highest BCUT2D eigenvalue weighted by Crippen LogP contribution is 2.37. The molecule has 2 fully saturated rings. The van der Waals surface area contributed by atoms with E-state index in [1.165, 1.54) is 31.9 Å². The van der Waals surface area contributed by atoms with Crippen LogP contribution in [-0.2, 0) is 6.61 Å². The first kappa shape index (κ1) is 20.4. The van der Waals surface area contributed by atoms with Gasteiger partial charge in [0, 0.05) is 41.6 Å². The van der Waals surface area contributed by atoms with Gasteiger partial charge in [0.25, 0.3) is 0 Å². The molecule has 1 aromatic carbocycles. The Bertz CT molecular complexity index is 841. The highest BCUT2D eigenvalue weighted by atomic mass is 16.4. The first-order valence-electron chi connectivity index (χ1n) is 11.3. The fraction of sp³-hybridized carbons (Fsp3) is 0.625. The van der Waals surface area contributed by atoms with E-state index in [-0.39, 0.29) is 6.61 Å². The summed E-state index contributed by atoms with van der Waals surface area (Å²) in [4.78, 5) is 2.72. The molecule has 0 atom stereocenters. The third-order valence-electron chi connectivity index (χ3n) is 7.46. The van der Waals surface area contributed by atoms with Crippen LogP contribution in [0.5, 0.6) is 0 Å². The van der Waals surface area contributed by atoms with Crippen molar-refractivity contribution in [2.75, 3.05) is 13.1 Å². The number of nitrogens with zero attached hydrogens (tertiary/aromatic N) is 3. The molecule has 158 valence electrons. The second kappa shape index (κ2) is 8.88. The van der Waals surface area contributed by atoms with Crippen LogP contribution >= 0.6 is 0 Å². The lowest BCUT2D eigenvalue weighted by Gasteiger charge is -2.42. The van der Waals surface area contributed by atoms with Crippen LogP contribution in [-0.4, -0.2) is 45.1 Å². The predicted molar refractivity (Wildman–Crippen MR) is 118 cm³/mol. The molecule has 1 saturated heterocycles. The number of aliphatic hydroxyl groups excluding tert-OH is 1. The normalized spacial score (nSPS) is 24.8. The van der Waals surface area contributed by atoms with E-state index in [4.69, 9.17) is 5.21 Å². The minimum absolute atomic E-state index is 0.0462. The summed E-state index contributed by atoms with van der Waals surface area (Å²) < 4.78 is 2.30. The van der Waals surface area contributed by atoms with Crippen LogP contribution in [0.3, 0.4) is 0 Å². The standard InChI is InChI=1S/C24H35N3O2/c1-17(2)18-7-9-19(10-8-18)26-13-11-20(12-14-26)27-23-6-4-3-5-21(23)22(15-25-29)24(27)16-28/h3-6,15,17-20,28-29H,7-14,16H2,1-2H3/b25-15-/t18-,19+. The first-order valence-corrected chi connectivity index (χ1v) is 11.3. The lowest BCUT2D eigenvalue weighted by Crippen LogP contribution is -2.44. The molecule has 2 N–H and O–H groups in total. The van der Waals surface area contributed by atoms with Gasteiger partial charge < -0.3 is 19.8 Å². The maximum atomic E-state index is 10.1. The quantitative estimate of drug-likeness (QED) is 0.433. The monoisotopic (exact) mass is 397 g/mol. The molecule has 5 nitrogen and oxygen atoms in total. The number of fused-ring (bicyclic) bond motifs is 1. The lowest BCUT2D eigenvalue weighted by molar-refractivity contribution is 0.0882. The van der Waals surface area contributed by atoms with Gasteiger partial charge in [-0.05, 0) is 56.4 Å². The molecule has 5 heteroatoms. The van der Waals surface area contributed by atoms with Crippen LogP contribution in [0.4, 0.5) is 0 Å². The van der Waals surface area contributed by atoms with Crippen LogP contribution in [0.25, 0.3) is 10.9 Å². The average Bonchev–Trinajstić information content (AvgIpc) is 3.08. The van der Waals surface area contributed by atoms with Crippen molar-refractivity contribution in [3.05, 3.63) is 35.5 Å². The van der Waals surface area contributed by atoms with Crippen molar-refractivity contribution in [3.8, 4) is 0 Å². The molecule has 2 aliphatic rings. The number of likely N-dealkylation sites (tertiary alicyclic amines) is 1. The fourth-order valence-corrected chi connectivity index (χ4v) is 5.76. The van der Waals surface area contributed by atoms with Gasteiger partial charge in [0.1, 0.15) is 0 Å². The molecule has 1 aliphatic carbocycles. The highest BCUT2D eigenvalue weighted by molar-refractivity contribution is 6.01. The maximum absolute atomic E-state index is 10.1. The number of hydrogen-bond acceptors (Lipinski definition) is 4. The Balaban J connectivity index is 1.50. The number of hydrogen-bond donors (Lipinski definition) is 2. The van der Waals surface area contributed by atoms with E-state index >= 15 is 0 Å². The number of piperidine rings is 1. The minimum Gasteiger partial charge on any atom is -0.411 e. The Morgan fingerprint density at radius 2 is 1.72 bits per heavy atom. The molecule has 1 aromatic heterocycles. The number of oxime groups is 1. The average molecular weight is 398 g/mol. The predicted octanol–water partition coefficient (Wildman–Crippen LogP) is 4.79. The Morgan fingerprint density at radius 1 is 1.03 bits per heavy atom. The number of aromatic nitrogens is 1. The van der Waals surface area contributed by atoms with E-state index in [0.29, 0.717) is 6.04 Å². The second-order valence-corrected chi connectivity index (χ2v) is 9.23. The molecule has 0 radical (unpaired) electrons. The summed E-state index contributed by atoms with van der Waals surface area (Å²) in [5.41, 5.74) is 2.82. The van der Waals surface area contributed by atoms with Crippen LogP contribution in [0, 0.1) is 11.8 Å². The molecular formula is C24H35N3O2. The smallest absolute Gasteiger partial charge is 0.0840 e. The Labute approximate surface area is 174 Å². The third-order valence-corrected chi connectivity index (χ3v) is 7.46. The van der Waals surface area contributed by atoms with Crippen molar-refractivity contribution in [1.82, 2.24) is 9.47 Å². The number of aliphatic hydroxyl groups is 1. The van der Waals surface area contributed by atoms with E-state index in [1.807, 2.05) is 18.2 Å². The summed E-state index contributed by atoms with van der Waals surface area (Å²) in [6.45, 7) is 6.94. The summed E-state index contributed by atoms with van der Waals surface area (Å²) in [6.07, 6.45) is 9.12. The van der Waals surface area contributed by atoms with E-state index < -0.39 is 0 Å². The molecule has 1 aliphatic heterocycles. The van der Waals surface area contributed by atoms with Gasteiger partial charge in [0.2, 0.25) is 0 Å². The summed E-state index contributed by atoms with van der Waals surface area (Å²) >= 11 is 0. The van der Waals surface area contributed by atoms with Crippen molar-refractivity contribution in [2.24, 2.45) is 17.0 Å². The van der Waals surface area contributed by atoms with Gasteiger partial charge in [0.05, 0.1) is 18.5 Å². The van der Waals surface area contributed by atoms with E-state index in [1.54, 1.807) is 0 Å². The molecule has 4 rings (SSSR count). The van der Waals surface area contributed by atoms with Gasteiger partial charge in [-0.15, -0.1) is 0 Å². The number of para-hydroxylation sites is 1. The number of benzene rings is 1. The van der Waals surface area contributed by atoms with Gasteiger partial charge >= 0.3 is 0 Å². The van der Waals surface area contributed by atoms with Crippen LogP contribution in [0.15, 0.2) is 29.4 Å². The Kier molecular flexibility index (Phi) is 6.26. The second-order valence-electron chi connectivity index (χ2n) is 9.23. The van der Waals surface area contributed by atoms with Gasteiger partial charge in [-0.1, -0.05) is 37.2 Å². The maximum Gasteiger partial charge on any atom is 0.0840 e. The molecule has 0 spiro atoms. The van der Waals surface area contributed by atoms with Gasteiger partial charge in [-0.2, -0.15) is 0 Å². The van der Waals surface area contributed by atoms with Crippen LogP contribution < -0.4 is 0 Å². The molecule has 2 heterocycles. The SMILES string of the molecule is CC(C)[C@H]1CC[C@@H](N2CCC(n3c(CO)c(/C=N\O)c4ccccc43)CC2)CC1. The largest absolute Gasteiger partial charge is 0.411 e. The van der Waals surface area contributed by atoms with Crippen molar-refractivity contribution >= 4 is 17.1 Å². The molecule has 2 aromatic rings. The fourth-order valence-electron chi connectivity index (χ4n) is 5.76. The molecule has 29 heavy (non-hydrogen) atoms. The summed E-state index contributed by atoms with van der Waals surface area (Å²) in [5, 5.41) is 23.5. The van der Waals surface area contributed by atoms with E-state index in [9.17, 15) is 5.11 Å². The van der Waals surface area contributed by atoms with E-state index in [0.717, 1.165) is 66.0 Å². The zero-order valence-corrected chi connectivity index (χ0v) is 17.8. The van der Waals surface area contributed by atoms with Crippen molar-refractivity contribution in [1.29, 1.82) is 0 Å². The lowest BCUT2D eigenvalue weighted by atomic mass is 9.79. The first-order chi connectivity index (χ1) is 14.1. The van der Waals surface area contributed by atoms with Gasteiger partial charge in [-0.25, -0.2) is 0 Å². The van der Waals surface area contributed by atoms with Crippen LogP contribution in [0.2, 0.25) is 0 Å². The third kappa shape index (κ3) is 3.95. The zero-order chi connectivity index (χ0) is 20.4. The molecular weight excluding hydrogens is 362 g/mol. The molecule has 0 unspecified atom stereocenters. The Morgan fingerprint density at radius 3 is 2.34 bits per heavy atom. The van der Waals surface area contributed by atoms with Crippen molar-refractivity contribution in [3.63, 3.8) is 0 Å². The van der Waals surface area contributed by atoms with Crippen LogP contribution in [0.1, 0.15) is 69.7 Å². The summed E-state index contributed by atoms with van der Waals surface area (Å²) in [7, 11) is 0. The highest BCUT2D eigenvalue weighted by Gasteiger charge is 2.31. The number of rotatable bonds is 5. The molecule has 0 amide bonds. The molecule has 0 bridgehead atoms. The topological polar surface area (TPSA) is 61.0 Å². The zero-order valence-electron chi connectivity index (χ0n) is 17.8. The van der Waals surface area contributed by atoms with Crippen molar-refractivity contribution in [2.45, 2.75) is 71.1 Å².